The number of ether oxygens (including phenoxy) is 1. The number of benzene rings is 3. The number of pyridine rings is 1. The van der Waals surface area contributed by atoms with Crippen molar-refractivity contribution in [3.8, 4) is 0 Å². The second-order valence-corrected chi connectivity index (χ2v) is 13.9. The lowest BCUT2D eigenvalue weighted by Crippen LogP contribution is -2.27. The number of fused-ring (bicyclic) bond motifs is 1. The maximum Gasteiger partial charge on any atom is 0.412 e. The van der Waals surface area contributed by atoms with E-state index in [2.05, 4.69) is 39.8 Å². The molecule has 2 aromatic heterocycles. The summed E-state index contributed by atoms with van der Waals surface area (Å²) in [4.78, 5) is 41.1. The topological polar surface area (TPSA) is 118 Å². The molecule has 5 aromatic rings. The molecule has 1 atom stereocenters. The van der Waals surface area contributed by atoms with Crippen LogP contribution in [0.15, 0.2) is 95.0 Å². The Kier molecular flexibility index (Phi) is 10.3. The minimum absolute atomic E-state index is 0.222. The Morgan fingerprint density at radius 2 is 1.62 bits per heavy atom. The molecular formula is C36H37ClN6O3S. The second kappa shape index (κ2) is 14.4. The zero-order chi connectivity index (χ0) is 33.7. The first-order valence-corrected chi connectivity index (χ1v) is 16.4. The zero-order valence-corrected chi connectivity index (χ0v) is 28.7. The van der Waals surface area contributed by atoms with E-state index >= 15 is 0 Å². The summed E-state index contributed by atoms with van der Waals surface area (Å²) in [5.74, 6) is 0.606. The predicted molar refractivity (Wildman–Crippen MR) is 189 cm³/mol. The Morgan fingerprint density at radius 1 is 0.894 bits per heavy atom. The molecule has 0 aliphatic rings. The minimum atomic E-state index is -0.595. The van der Waals surface area contributed by atoms with Gasteiger partial charge in [-0.25, -0.2) is 19.7 Å². The van der Waals surface area contributed by atoms with Crippen LogP contribution in [0.25, 0.3) is 11.0 Å². The minimum Gasteiger partial charge on any atom is -0.444 e. The fourth-order valence-electron chi connectivity index (χ4n) is 4.63. The van der Waals surface area contributed by atoms with Crippen LogP contribution in [0.5, 0.6) is 0 Å². The Hall–Kier alpha value is -4.67. The number of aromatic nitrogens is 3. The van der Waals surface area contributed by atoms with Crippen LogP contribution in [0.3, 0.4) is 0 Å². The molecule has 0 fully saturated rings. The van der Waals surface area contributed by atoms with E-state index in [1.54, 1.807) is 18.2 Å². The van der Waals surface area contributed by atoms with Crippen molar-refractivity contribution in [1.29, 1.82) is 0 Å². The Balaban J connectivity index is 1.43. The van der Waals surface area contributed by atoms with Gasteiger partial charge in [-0.2, -0.15) is 0 Å². The summed E-state index contributed by atoms with van der Waals surface area (Å²) in [6.45, 7) is 11.5. The molecule has 2 heterocycles. The molecule has 11 heteroatoms. The van der Waals surface area contributed by atoms with Crippen molar-refractivity contribution in [3.63, 3.8) is 0 Å². The number of rotatable bonds is 9. The highest BCUT2D eigenvalue weighted by Crippen LogP contribution is 2.37. The molecular weight excluding hydrogens is 632 g/mol. The van der Waals surface area contributed by atoms with Crippen LogP contribution in [0.4, 0.5) is 22.0 Å². The third kappa shape index (κ3) is 8.99. The van der Waals surface area contributed by atoms with Gasteiger partial charge in [0.1, 0.15) is 17.7 Å². The number of amides is 2. The van der Waals surface area contributed by atoms with Crippen LogP contribution < -0.4 is 16.0 Å². The molecule has 0 saturated heterocycles. The van der Waals surface area contributed by atoms with E-state index < -0.39 is 11.7 Å². The number of halogens is 1. The molecule has 0 radical (unpaired) electrons. The van der Waals surface area contributed by atoms with Crippen molar-refractivity contribution in [2.75, 3.05) is 10.6 Å². The first kappa shape index (κ1) is 33.7. The van der Waals surface area contributed by atoms with Crippen molar-refractivity contribution < 1.29 is 14.3 Å². The van der Waals surface area contributed by atoms with E-state index in [4.69, 9.17) is 21.3 Å². The summed E-state index contributed by atoms with van der Waals surface area (Å²) in [7, 11) is 0. The molecule has 0 spiro atoms. The van der Waals surface area contributed by atoms with E-state index in [1.807, 2.05) is 88.4 Å². The van der Waals surface area contributed by atoms with Crippen molar-refractivity contribution >= 4 is 63.6 Å². The highest BCUT2D eigenvalue weighted by atomic mass is 35.5. The van der Waals surface area contributed by atoms with Gasteiger partial charge in [0.15, 0.2) is 5.65 Å². The Morgan fingerprint density at radius 3 is 2.30 bits per heavy atom. The Bertz CT molecular complexity index is 1890. The van der Waals surface area contributed by atoms with Crippen molar-refractivity contribution in [2.45, 2.75) is 68.9 Å². The third-order valence-electron chi connectivity index (χ3n) is 7.05. The van der Waals surface area contributed by atoms with Crippen LogP contribution in [0, 0.1) is 0 Å². The molecule has 47 heavy (non-hydrogen) atoms. The highest BCUT2D eigenvalue weighted by molar-refractivity contribution is 7.99. The molecule has 3 aromatic carbocycles. The zero-order valence-electron chi connectivity index (χ0n) is 27.1. The lowest BCUT2D eigenvalue weighted by Gasteiger charge is -2.19. The summed E-state index contributed by atoms with van der Waals surface area (Å²) < 4.78 is 5.36. The molecule has 0 aliphatic heterocycles. The third-order valence-corrected chi connectivity index (χ3v) is 8.39. The maximum absolute atomic E-state index is 13.4. The summed E-state index contributed by atoms with van der Waals surface area (Å²) in [5, 5.41) is 10.7. The molecule has 2 amide bonds. The van der Waals surface area contributed by atoms with E-state index in [-0.39, 0.29) is 17.9 Å². The maximum atomic E-state index is 13.4. The van der Waals surface area contributed by atoms with Crippen molar-refractivity contribution in [3.05, 3.63) is 107 Å². The van der Waals surface area contributed by atoms with E-state index in [0.717, 1.165) is 26.4 Å². The lowest BCUT2D eigenvalue weighted by molar-refractivity contribution is 0.0635. The van der Waals surface area contributed by atoms with Gasteiger partial charge in [-0.05, 0) is 106 Å². The average molecular weight is 669 g/mol. The second-order valence-electron chi connectivity index (χ2n) is 12.3. The van der Waals surface area contributed by atoms with Gasteiger partial charge in [0.05, 0.1) is 17.1 Å². The van der Waals surface area contributed by atoms with Crippen molar-refractivity contribution in [2.24, 2.45) is 0 Å². The van der Waals surface area contributed by atoms with Gasteiger partial charge in [0.25, 0.3) is 5.91 Å². The number of carbonyl (C=O) groups is 2. The van der Waals surface area contributed by atoms with Gasteiger partial charge in [-0.3, -0.25) is 10.1 Å². The summed E-state index contributed by atoms with van der Waals surface area (Å²) in [6.07, 6.45) is 0.964. The van der Waals surface area contributed by atoms with E-state index in [9.17, 15) is 9.59 Å². The van der Waals surface area contributed by atoms with Crippen LogP contribution in [-0.2, 0) is 4.74 Å². The molecule has 9 nitrogen and oxygen atoms in total. The largest absolute Gasteiger partial charge is 0.444 e. The lowest BCUT2D eigenvalue weighted by atomic mass is 10.1. The fraction of sp³-hybridized carbons (Fsp3) is 0.250. The summed E-state index contributed by atoms with van der Waals surface area (Å²) in [5.41, 5.74) is 3.65. The number of hydrogen-bond donors (Lipinski definition) is 3. The molecule has 0 bridgehead atoms. The Labute approximate surface area is 283 Å². The highest BCUT2D eigenvalue weighted by Gasteiger charge is 2.18. The van der Waals surface area contributed by atoms with Gasteiger partial charge in [0.2, 0.25) is 0 Å². The fourth-order valence-corrected chi connectivity index (χ4v) is 5.64. The molecule has 0 unspecified atom stereocenters. The number of nitrogens with zero attached hydrogens (tertiary/aromatic N) is 3. The number of anilines is 3. The van der Waals surface area contributed by atoms with Gasteiger partial charge < -0.3 is 15.4 Å². The summed E-state index contributed by atoms with van der Waals surface area (Å²) >= 11 is 7.56. The monoisotopic (exact) mass is 668 g/mol. The van der Waals surface area contributed by atoms with Crippen LogP contribution in [0.1, 0.15) is 75.1 Å². The van der Waals surface area contributed by atoms with Crippen LogP contribution in [0.2, 0.25) is 5.02 Å². The van der Waals surface area contributed by atoms with Crippen molar-refractivity contribution in [1.82, 2.24) is 20.3 Å². The standard InChI is InChI=1S/C36H37ClN6O3S/c1-21(2)29-17-16-28-32(42-29)38-20-39-33(28)43-30-19-24(34(44)40-22(3)23-7-10-25(37)11-8-23)9-18-31(30)47-27-14-12-26(13-15-27)41-35(45)46-36(4,5)6/h7-22H,1-6H3,(H,40,44)(H,41,45)(H,38,39,42,43)/t22-/m0/s1. The smallest absolute Gasteiger partial charge is 0.412 e. The van der Waals surface area contributed by atoms with Crippen LogP contribution in [-0.4, -0.2) is 32.6 Å². The number of carbonyl (C=O) groups excluding carboxylic acids is 2. The SMILES string of the molecule is CC(C)c1ccc2c(Nc3cc(C(=O)N[C@@H](C)c4ccc(Cl)cc4)ccc3Sc3ccc(NC(=O)OC(C)(C)C)cc3)ncnc2n1. The summed E-state index contributed by atoms with van der Waals surface area (Å²) in [6, 6.07) is 24.1. The van der Waals surface area contributed by atoms with Gasteiger partial charge in [0, 0.05) is 31.8 Å². The van der Waals surface area contributed by atoms with Gasteiger partial charge in [-0.15, -0.1) is 0 Å². The van der Waals surface area contributed by atoms with Gasteiger partial charge >= 0.3 is 6.09 Å². The number of nitrogens with one attached hydrogen (secondary N) is 3. The van der Waals surface area contributed by atoms with E-state index in [1.165, 1.54) is 18.1 Å². The first-order chi connectivity index (χ1) is 22.3. The average Bonchev–Trinajstić information content (AvgIpc) is 3.02. The molecule has 242 valence electrons. The van der Waals surface area contributed by atoms with Crippen LogP contribution >= 0.6 is 23.4 Å². The first-order valence-electron chi connectivity index (χ1n) is 15.2. The quantitative estimate of drug-likeness (QED) is 0.142. The molecule has 5 rings (SSSR count). The number of hydrogen-bond acceptors (Lipinski definition) is 8. The molecule has 3 N–H and O–H groups in total. The van der Waals surface area contributed by atoms with E-state index in [0.29, 0.717) is 33.4 Å². The molecule has 0 aliphatic carbocycles. The normalized spacial score (nSPS) is 12.1. The van der Waals surface area contributed by atoms with Gasteiger partial charge in [-0.1, -0.05) is 49.3 Å². The molecule has 0 saturated carbocycles. The predicted octanol–water partition coefficient (Wildman–Crippen LogP) is 9.53.